The molecule has 0 aliphatic carbocycles. The number of hydrogen-bond acceptors (Lipinski definition) is 3. The van der Waals surface area contributed by atoms with Gasteiger partial charge < -0.3 is 15.1 Å². The van der Waals surface area contributed by atoms with Gasteiger partial charge in [0.15, 0.2) is 0 Å². The average Bonchev–Trinajstić information content (AvgIpc) is 3.00. The lowest BCUT2D eigenvalue weighted by atomic mass is 10.1. The van der Waals surface area contributed by atoms with E-state index in [0.29, 0.717) is 25.2 Å². The van der Waals surface area contributed by atoms with Gasteiger partial charge in [-0.15, -0.1) is 11.8 Å². The molecule has 2 rings (SSSR count). The van der Waals surface area contributed by atoms with E-state index in [-0.39, 0.29) is 24.2 Å². The fraction of sp³-hybridized carbons (Fsp3) is 0.556. The lowest BCUT2D eigenvalue weighted by Gasteiger charge is -2.28. The van der Waals surface area contributed by atoms with E-state index in [4.69, 9.17) is 0 Å². The molecule has 1 aromatic rings. The first-order chi connectivity index (χ1) is 12.8. The number of hydrogen-bond donors (Lipinski definition) is 1. The fourth-order valence-electron chi connectivity index (χ4n) is 2.82. The van der Waals surface area contributed by atoms with Crippen molar-refractivity contribution in [3.05, 3.63) is 35.4 Å². The van der Waals surface area contributed by atoms with E-state index in [2.05, 4.69) is 5.32 Å². The molecule has 0 aromatic heterocycles. The predicted octanol–water partition coefficient (Wildman–Crippen LogP) is 3.72. The van der Waals surface area contributed by atoms with Crippen molar-refractivity contribution in [2.45, 2.75) is 31.8 Å². The Kier molecular flexibility index (Phi) is 7.41. The number of thioether (sulfide) groups is 1. The lowest BCUT2D eigenvalue weighted by Crippen LogP contribution is -2.44. The summed E-state index contributed by atoms with van der Waals surface area (Å²) in [6.45, 7) is 5.46. The minimum atomic E-state index is -4.43. The molecule has 1 N–H and O–H groups in total. The molecule has 27 heavy (non-hydrogen) atoms. The molecule has 3 amide bonds. The third-order valence-corrected chi connectivity index (χ3v) is 5.53. The first kappa shape index (κ1) is 21.4. The molecule has 0 bridgehead atoms. The van der Waals surface area contributed by atoms with Crippen LogP contribution in [-0.2, 0) is 11.0 Å². The monoisotopic (exact) mass is 403 g/mol. The molecule has 9 heteroatoms. The van der Waals surface area contributed by atoms with Crippen molar-refractivity contribution in [1.82, 2.24) is 15.1 Å². The first-order valence-corrected chi connectivity index (χ1v) is 9.93. The molecule has 1 unspecified atom stereocenters. The fourth-order valence-corrected chi connectivity index (χ4v) is 4.02. The average molecular weight is 403 g/mol. The number of nitrogens with one attached hydrogen (secondary N) is 1. The van der Waals surface area contributed by atoms with Crippen LogP contribution in [0.4, 0.5) is 18.0 Å². The summed E-state index contributed by atoms with van der Waals surface area (Å²) in [6, 6.07) is 4.87. The van der Waals surface area contributed by atoms with Gasteiger partial charge in [-0.1, -0.05) is 19.1 Å². The van der Waals surface area contributed by atoms with Crippen LogP contribution >= 0.6 is 11.8 Å². The molecule has 1 heterocycles. The van der Waals surface area contributed by atoms with Crippen LogP contribution in [0.1, 0.15) is 36.8 Å². The summed E-state index contributed by atoms with van der Waals surface area (Å²) in [4.78, 5) is 27.5. The van der Waals surface area contributed by atoms with Crippen molar-refractivity contribution < 1.29 is 22.8 Å². The summed E-state index contributed by atoms with van der Waals surface area (Å²) in [5.74, 6) is 0.0853. The molecule has 1 aromatic carbocycles. The van der Waals surface area contributed by atoms with Gasteiger partial charge >= 0.3 is 12.2 Å². The Hall–Kier alpha value is -1.90. The molecule has 1 saturated heterocycles. The van der Waals surface area contributed by atoms with E-state index < -0.39 is 17.1 Å². The van der Waals surface area contributed by atoms with Gasteiger partial charge in [0, 0.05) is 26.2 Å². The largest absolute Gasteiger partial charge is 0.416 e. The second-order valence-electron chi connectivity index (χ2n) is 6.19. The van der Waals surface area contributed by atoms with Crippen LogP contribution in [0, 0.1) is 0 Å². The molecule has 150 valence electrons. The van der Waals surface area contributed by atoms with Gasteiger partial charge in [-0.3, -0.25) is 4.79 Å². The van der Waals surface area contributed by atoms with Crippen molar-refractivity contribution in [3.8, 4) is 0 Å². The number of rotatable bonds is 7. The van der Waals surface area contributed by atoms with E-state index in [9.17, 15) is 22.8 Å². The van der Waals surface area contributed by atoms with Crippen molar-refractivity contribution >= 4 is 23.7 Å². The van der Waals surface area contributed by atoms with Crippen molar-refractivity contribution in [2.24, 2.45) is 0 Å². The van der Waals surface area contributed by atoms with Crippen LogP contribution in [0.3, 0.4) is 0 Å². The molecular formula is C18H24F3N3O2S. The van der Waals surface area contributed by atoms with Gasteiger partial charge in [0.25, 0.3) is 0 Å². The quantitative estimate of drug-likeness (QED) is 0.755. The zero-order valence-electron chi connectivity index (χ0n) is 15.4. The van der Waals surface area contributed by atoms with Crippen LogP contribution in [0.2, 0.25) is 0 Å². The number of likely N-dealkylation sites (N-methyl/N-ethyl adjacent to an activating group) is 1. The number of urea groups is 1. The maximum Gasteiger partial charge on any atom is 0.416 e. The van der Waals surface area contributed by atoms with E-state index >= 15 is 0 Å². The molecule has 0 spiro atoms. The van der Waals surface area contributed by atoms with Crippen molar-refractivity contribution in [3.63, 3.8) is 0 Å². The summed E-state index contributed by atoms with van der Waals surface area (Å²) in [6.07, 6.45) is -3.60. The first-order valence-electron chi connectivity index (χ1n) is 8.89. The van der Waals surface area contributed by atoms with Gasteiger partial charge in [-0.25, -0.2) is 4.79 Å². The Labute approximate surface area is 161 Å². The van der Waals surface area contributed by atoms with Gasteiger partial charge in [-0.05, 0) is 31.0 Å². The topological polar surface area (TPSA) is 52.7 Å². The molecule has 1 fully saturated rings. The second-order valence-corrected chi connectivity index (χ2v) is 7.25. The van der Waals surface area contributed by atoms with E-state index in [1.54, 1.807) is 15.9 Å². The molecule has 1 aliphatic rings. The Bertz CT molecular complexity index is 669. The van der Waals surface area contributed by atoms with Gasteiger partial charge in [0.1, 0.15) is 5.37 Å². The summed E-state index contributed by atoms with van der Waals surface area (Å²) >= 11 is 1.30. The van der Waals surface area contributed by atoms with E-state index in [1.807, 2.05) is 13.8 Å². The minimum Gasteiger partial charge on any atom is -0.338 e. The number of amides is 3. The van der Waals surface area contributed by atoms with Gasteiger partial charge in [0.2, 0.25) is 5.91 Å². The maximum atomic E-state index is 13.0. The van der Waals surface area contributed by atoms with Crippen molar-refractivity contribution in [1.29, 1.82) is 0 Å². The third kappa shape index (κ3) is 5.54. The number of carbonyl (C=O) groups is 2. The van der Waals surface area contributed by atoms with E-state index in [0.717, 1.165) is 18.6 Å². The molecule has 0 radical (unpaired) electrons. The highest BCUT2D eigenvalue weighted by Gasteiger charge is 2.35. The number of benzene rings is 1. The molecule has 0 saturated carbocycles. The van der Waals surface area contributed by atoms with E-state index in [1.165, 1.54) is 17.8 Å². The van der Waals surface area contributed by atoms with Crippen LogP contribution in [0.15, 0.2) is 24.3 Å². The SMILES string of the molecule is CCCNC(=O)N(CC)CCN1C(=O)CSC1c1cccc(C(F)(F)F)c1. The molecular weight excluding hydrogens is 379 g/mol. The minimum absolute atomic E-state index is 0.132. The number of halogens is 3. The summed E-state index contributed by atoms with van der Waals surface area (Å²) in [7, 11) is 0. The summed E-state index contributed by atoms with van der Waals surface area (Å²) in [5, 5.41) is 2.32. The number of carbonyl (C=O) groups excluding carboxylic acids is 2. The highest BCUT2D eigenvalue weighted by atomic mass is 32.2. The van der Waals surface area contributed by atoms with Crippen LogP contribution in [0.25, 0.3) is 0 Å². The Morgan fingerprint density at radius 3 is 2.74 bits per heavy atom. The van der Waals surface area contributed by atoms with Gasteiger partial charge in [-0.2, -0.15) is 13.2 Å². The number of nitrogens with zero attached hydrogens (tertiary/aromatic N) is 2. The highest BCUT2D eigenvalue weighted by molar-refractivity contribution is 8.00. The van der Waals surface area contributed by atoms with Crippen molar-refractivity contribution in [2.75, 3.05) is 31.9 Å². The highest BCUT2D eigenvalue weighted by Crippen LogP contribution is 2.40. The molecule has 1 atom stereocenters. The smallest absolute Gasteiger partial charge is 0.338 e. The second kappa shape index (κ2) is 9.34. The lowest BCUT2D eigenvalue weighted by molar-refractivity contribution is -0.137. The Morgan fingerprint density at radius 2 is 2.11 bits per heavy atom. The standard InChI is InChI=1S/C18H24F3N3O2S/c1-3-8-22-17(26)23(4-2)9-10-24-15(25)12-27-16(24)13-6-5-7-14(11-13)18(19,20)21/h5-7,11,16H,3-4,8-10,12H2,1-2H3,(H,22,26). The zero-order valence-corrected chi connectivity index (χ0v) is 16.2. The predicted molar refractivity (Wildman–Crippen MR) is 99.3 cm³/mol. The van der Waals surface area contributed by atoms with Crippen LogP contribution in [-0.4, -0.2) is 53.7 Å². The normalized spacial score (nSPS) is 17.3. The summed E-state index contributed by atoms with van der Waals surface area (Å²) < 4.78 is 38.9. The zero-order chi connectivity index (χ0) is 20.0. The van der Waals surface area contributed by atoms with Gasteiger partial charge in [0.05, 0.1) is 11.3 Å². The Balaban J connectivity index is 2.09. The maximum absolute atomic E-state index is 13.0. The third-order valence-electron chi connectivity index (χ3n) is 4.27. The van der Waals surface area contributed by atoms with Crippen LogP contribution < -0.4 is 5.32 Å². The Morgan fingerprint density at radius 1 is 1.37 bits per heavy atom. The summed E-state index contributed by atoms with van der Waals surface area (Å²) in [5.41, 5.74) is -0.284. The molecule has 5 nitrogen and oxygen atoms in total. The van der Waals surface area contributed by atoms with Crippen LogP contribution in [0.5, 0.6) is 0 Å². The molecule has 1 aliphatic heterocycles. The number of alkyl halides is 3.